The molecule has 2 aromatic heterocycles. The summed E-state index contributed by atoms with van der Waals surface area (Å²) in [6.07, 6.45) is 4.07. The predicted octanol–water partition coefficient (Wildman–Crippen LogP) is 3.83. The molecule has 0 saturated heterocycles. The molecule has 0 unspecified atom stereocenters. The second-order valence-electron chi connectivity index (χ2n) is 7.41. The van der Waals surface area contributed by atoms with Crippen molar-refractivity contribution in [1.29, 1.82) is 0 Å². The first-order chi connectivity index (χ1) is 12.8. The summed E-state index contributed by atoms with van der Waals surface area (Å²) >= 11 is 0. The third-order valence-corrected chi connectivity index (χ3v) is 4.47. The van der Waals surface area contributed by atoms with Crippen LogP contribution in [0.15, 0.2) is 53.6 Å². The minimum absolute atomic E-state index is 0.0315. The maximum atomic E-state index is 12.6. The second kappa shape index (κ2) is 7.74. The van der Waals surface area contributed by atoms with E-state index in [0.29, 0.717) is 30.0 Å². The summed E-state index contributed by atoms with van der Waals surface area (Å²) in [4.78, 5) is 29.2. The summed E-state index contributed by atoms with van der Waals surface area (Å²) in [5, 5.41) is 0. The molecule has 0 N–H and O–H groups in total. The number of imidazole rings is 1. The number of Topliss-reactive ketones (excluding diaryl/α,β-unsaturated/α-hetero) is 1. The standard InChI is InChI=1S/C22H25N3O2/c1-15(2)10-20(26)19-14-25(12-17-8-6-5-7-9-17)21(23-19)18-11-16(3)22(27)24(4)13-18/h5-9,11,13-15H,10,12H2,1-4H3. The number of benzene rings is 1. The molecule has 3 rings (SSSR count). The lowest BCUT2D eigenvalue weighted by Crippen LogP contribution is -2.18. The lowest BCUT2D eigenvalue weighted by molar-refractivity contribution is 0.0963. The number of ketones is 1. The van der Waals surface area contributed by atoms with Crippen molar-refractivity contribution in [3.8, 4) is 11.4 Å². The largest absolute Gasteiger partial charge is 0.326 e. The number of carbonyl (C=O) groups excluding carboxylic acids is 1. The number of carbonyl (C=O) groups is 1. The van der Waals surface area contributed by atoms with E-state index in [1.807, 2.05) is 61.0 Å². The molecule has 0 radical (unpaired) electrons. The molecule has 5 heteroatoms. The molecule has 27 heavy (non-hydrogen) atoms. The van der Waals surface area contributed by atoms with Crippen LogP contribution in [-0.2, 0) is 13.6 Å². The summed E-state index contributed by atoms with van der Waals surface area (Å²) in [6, 6.07) is 11.9. The highest BCUT2D eigenvalue weighted by Gasteiger charge is 2.18. The van der Waals surface area contributed by atoms with Gasteiger partial charge in [-0.15, -0.1) is 0 Å². The second-order valence-corrected chi connectivity index (χ2v) is 7.41. The minimum Gasteiger partial charge on any atom is -0.326 e. The van der Waals surface area contributed by atoms with Crippen molar-refractivity contribution in [2.24, 2.45) is 13.0 Å². The van der Waals surface area contributed by atoms with Crippen LogP contribution in [0.1, 0.15) is 41.9 Å². The van der Waals surface area contributed by atoms with Gasteiger partial charge in [0.2, 0.25) is 0 Å². The number of hydrogen-bond donors (Lipinski definition) is 0. The molecule has 140 valence electrons. The van der Waals surface area contributed by atoms with E-state index in [1.54, 1.807) is 24.7 Å². The molecule has 0 fully saturated rings. The molecule has 0 amide bonds. The highest BCUT2D eigenvalue weighted by atomic mass is 16.1. The molecular weight excluding hydrogens is 338 g/mol. The first-order valence-corrected chi connectivity index (χ1v) is 9.17. The van der Waals surface area contributed by atoms with Gasteiger partial charge in [0.15, 0.2) is 5.78 Å². The van der Waals surface area contributed by atoms with E-state index < -0.39 is 0 Å². The van der Waals surface area contributed by atoms with E-state index in [4.69, 9.17) is 0 Å². The quantitative estimate of drug-likeness (QED) is 0.625. The van der Waals surface area contributed by atoms with Crippen molar-refractivity contribution in [2.45, 2.75) is 33.7 Å². The summed E-state index contributed by atoms with van der Waals surface area (Å²) < 4.78 is 3.55. The van der Waals surface area contributed by atoms with Gasteiger partial charge < -0.3 is 9.13 Å². The summed E-state index contributed by atoms with van der Waals surface area (Å²) in [6.45, 7) is 6.45. The van der Waals surface area contributed by atoms with Crippen LogP contribution in [0.5, 0.6) is 0 Å². The molecule has 5 nitrogen and oxygen atoms in total. The number of aromatic nitrogens is 3. The fraction of sp³-hybridized carbons (Fsp3) is 0.318. The van der Waals surface area contributed by atoms with Crippen molar-refractivity contribution >= 4 is 5.78 Å². The third-order valence-electron chi connectivity index (χ3n) is 4.47. The first-order valence-electron chi connectivity index (χ1n) is 9.17. The Hall–Kier alpha value is -2.95. The number of hydrogen-bond acceptors (Lipinski definition) is 3. The van der Waals surface area contributed by atoms with Gasteiger partial charge >= 0.3 is 0 Å². The average Bonchev–Trinajstić information content (AvgIpc) is 3.03. The van der Waals surface area contributed by atoms with Gasteiger partial charge in [-0.3, -0.25) is 9.59 Å². The van der Waals surface area contributed by atoms with Crippen molar-refractivity contribution in [2.75, 3.05) is 0 Å². The van der Waals surface area contributed by atoms with Crippen LogP contribution in [0.2, 0.25) is 0 Å². The van der Waals surface area contributed by atoms with Gasteiger partial charge in [0.25, 0.3) is 5.56 Å². The van der Waals surface area contributed by atoms with Crippen molar-refractivity contribution in [1.82, 2.24) is 14.1 Å². The van der Waals surface area contributed by atoms with Crippen LogP contribution in [0.25, 0.3) is 11.4 Å². The van der Waals surface area contributed by atoms with E-state index in [2.05, 4.69) is 4.98 Å². The Labute approximate surface area is 159 Å². The van der Waals surface area contributed by atoms with E-state index in [0.717, 1.165) is 11.1 Å². The van der Waals surface area contributed by atoms with E-state index in [-0.39, 0.29) is 17.3 Å². The molecule has 0 atom stereocenters. The maximum absolute atomic E-state index is 12.6. The SMILES string of the molecule is Cc1cc(-c2nc(C(=O)CC(C)C)cn2Cc2ccccc2)cn(C)c1=O. The molecule has 0 aliphatic heterocycles. The van der Waals surface area contributed by atoms with E-state index in [9.17, 15) is 9.59 Å². The lowest BCUT2D eigenvalue weighted by Gasteiger charge is -2.10. The maximum Gasteiger partial charge on any atom is 0.253 e. The summed E-state index contributed by atoms with van der Waals surface area (Å²) in [5.74, 6) is 1.02. The fourth-order valence-corrected chi connectivity index (χ4v) is 3.16. The average molecular weight is 363 g/mol. The Morgan fingerprint density at radius 3 is 2.48 bits per heavy atom. The monoisotopic (exact) mass is 363 g/mol. The highest BCUT2D eigenvalue weighted by Crippen LogP contribution is 2.22. The molecule has 0 saturated carbocycles. The van der Waals surface area contributed by atoms with Gasteiger partial charge in [0.05, 0.1) is 0 Å². The predicted molar refractivity (Wildman–Crippen MR) is 107 cm³/mol. The molecule has 0 aliphatic rings. The molecule has 3 aromatic rings. The van der Waals surface area contributed by atoms with E-state index >= 15 is 0 Å². The van der Waals surface area contributed by atoms with Crippen LogP contribution in [0, 0.1) is 12.8 Å². The van der Waals surface area contributed by atoms with Crippen molar-refractivity contribution in [3.05, 3.63) is 76.0 Å². The van der Waals surface area contributed by atoms with Gasteiger partial charge in [-0.25, -0.2) is 4.98 Å². The highest BCUT2D eigenvalue weighted by molar-refractivity contribution is 5.94. The Balaban J connectivity index is 2.08. The zero-order valence-electron chi connectivity index (χ0n) is 16.3. The topological polar surface area (TPSA) is 56.9 Å². The molecule has 1 aromatic carbocycles. The minimum atomic E-state index is -0.0315. The zero-order chi connectivity index (χ0) is 19.6. The Morgan fingerprint density at radius 2 is 1.85 bits per heavy atom. The summed E-state index contributed by atoms with van der Waals surface area (Å²) in [5.41, 5.74) is 3.05. The number of nitrogens with zero attached hydrogens (tertiary/aromatic N) is 3. The van der Waals surface area contributed by atoms with Gasteiger partial charge in [0, 0.05) is 43.5 Å². The molecule has 0 bridgehead atoms. The van der Waals surface area contributed by atoms with Crippen LogP contribution in [-0.4, -0.2) is 19.9 Å². The molecule has 0 aliphatic carbocycles. The van der Waals surface area contributed by atoms with Crippen LogP contribution in [0.3, 0.4) is 0 Å². The van der Waals surface area contributed by atoms with Crippen LogP contribution < -0.4 is 5.56 Å². The number of pyridine rings is 1. The molecule has 0 spiro atoms. The van der Waals surface area contributed by atoms with E-state index in [1.165, 1.54) is 0 Å². The lowest BCUT2D eigenvalue weighted by atomic mass is 10.1. The summed E-state index contributed by atoms with van der Waals surface area (Å²) in [7, 11) is 1.73. The Morgan fingerprint density at radius 1 is 1.15 bits per heavy atom. The zero-order valence-corrected chi connectivity index (χ0v) is 16.3. The number of rotatable bonds is 6. The smallest absolute Gasteiger partial charge is 0.253 e. The van der Waals surface area contributed by atoms with Gasteiger partial charge in [-0.2, -0.15) is 0 Å². The van der Waals surface area contributed by atoms with Gasteiger partial charge in [-0.05, 0) is 24.5 Å². The van der Waals surface area contributed by atoms with Crippen LogP contribution in [0.4, 0.5) is 0 Å². The molecular formula is C22H25N3O2. The molecule has 2 heterocycles. The Bertz CT molecular complexity index is 988. The Kier molecular flexibility index (Phi) is 5.40. The number of aryl methyl sites for hydroxylation is 2. The first kappa shape index (κ1) is 18.8. The van der Waals surface area contributed by atoms with Gasteiger partial charge in [0.1, 0.15) is 11.5 Å². The van der Waals surface area contributed by atoms with Crippen molar-refractivity contribution < 1.29 is 4.79 Å². The van der Waals surface area contributed by atoms with Gasteiger partial charge in [-0.1, -0.05) is 44.2 Å². The van der Waals surface area contributed by atoms with Crippen molar-refractivity contribution in [3.63, 3.8) is 0 Å². The third kappa shape index (κ3) is 4.25. The normalized spacial score (nSPS) is 11.1. The fourth-order valence-electron chi connectivity index (χ4n) is 3.16. The van der Waals surface area contributed by atoms with Crippen LogP contribution >= 0.6 is 0 Å².